The average molecular weight is 615 g/mol. The number of rotatable bonds is 3. The fraction of sp³-hybridized carbons (Fsp3) is 0.0435. The molecule has 7 aromatic carbocycles. The van der Waals surface area contributed by atoms with E-state index in [-0.39, 0.29) is 0 Å². The number of allylic oxidation sites excluding steroid dienone is 8. The van der Waals surface area contributed by atoms with Crippen molar-refractivity contribution in [2.45, 2.75) is 13.3 Å². The van der Waals surface area contributed by atoms with E-state index in [4.69, 9.17) is 8.83 Å². The molecule has 10 rings (SSSR count). The fourth-order valence-electron chi connectivity index (χ4n) is 7.81. The highest BCUT2D eigenvalue weighted by atomic mass is 16.3. The molecule has 0 spiro atoms. The second-order valence-electron chi connectivity index (χ2n) is 12.8. The zero-order valence-corrected chi connectivity index (χ0v) is 26.5. The molecule has 2 nitrogen and oxygen atoms in total. The summed E-state index contributed by atoms with van der Waals surface area (Å²) in [5.41, 5.74) is 9.88. The van der Waals surface area contributed by atoms with Crippen LogP contribution in [0.3, 0.4) is 0 Å². The molecular formula is C46H30O2. The van der Waals surface area contributed by atoms with Crippen LogP contribution in [0.25, 0.3) is 92.9 Å². The van der Waals surface area contributed by atoms with Crippen LogP contribution in [-0.2, 0) is 0 Å². The van der Waals surface area contributed by atoms with Crippen molar-refractivity contribution in [2.75, 3.05) is 0 Å². The Labute approximate surface area is 277 Å². The summed E-state index contributed by atoms with van der Waals surface area (Å²) in [6, 6.07) is 41.4. The van der Waals surface area contributed by atoms with Crippen LogP contribution >= 0.6 is 0 Å². The predicted octanol–water partition coefficient (Wildman–Crippen LogP) is 13.5. The first-order valence-corrected chi connectivity index (χ1v) is 16.6. The summed E-state index contributed by atoms with van der Waals surface area (Å²) in [4.78, 5) is 0. The molecule has 226 valence electrons. The largest absolute Gasteiger partial charge is 0.456 e. The summed E-state index contributed by atoms with van der Waals surface area (Å²) in [5.74, 6) is 0. The van der Waals surface area contributed by atoms with Gasteiger partial charge in [0.1, 0.15) is 22.3 Å². The van der Waals surface area contributed by atoms with Gasteiger partial charge in [-0.2, -0.15) is 0 Å². The average Bonchev–Trinajstić information content (AvgIpc) is 3.70. The standard InChI is InChI=1S/C46H30O2/c1-28(19-20-29-11-3-2-4-12-29)44-32-13-5-7-15-34(32)45(35-16-8-6-14-33(35)44)31-22-23-41-38(25-31)39-27-37-30(26-43(39)48-41)21-24-42-46(37)36-17-9-10-18-40(36)47-42/h2-11,13-27H,12H2,1H3/b28-19+,29-20-. The van der Waals surface area contributed by atoms with Crippen molar-refractivity contribution in [3.63, 3.8) is 0 Å². The van der Waals surface area contributed by atoms with Crippen LogP contribution in [0.15, 0.2) is 166 Å². The molecule has 1 aliphatic carbocycles. The van der Waals surface area contributed by atoms with E-state index in [1.807, 2.05) is 12.1 Å². The van der Waals surface area contributed by atoms with E-state index in [9.17, 15) is 0 Å². The molecule has 0 saturated carbocycles. The molecule has 0 radical (unpaired) electrons. The molecule has 2 heteroatoms. The smallest absolute Gasteiger partial charge is 0.136 e. The van der Waals surface area contributed by atoms with Gasteiger partial charge in [-0.3, -0.25) is 0 Å². The molecule has 0 N–H and O–H groups in total. The number of hydrogen-bond acceptors (Lipinski definition) is 2. The molecule has 0 atom stereocenters. The van der Waals surface area contributed by atoms with Gasteiger partial charge in [-0.1, -0.05) is 115 Å². The Morgan fingerprint density at radius 2 is 1.23 bits per heavy atom. The Morgan fingerprint density at radius 1 is 0.562 bits per heavy atom. The van der Waals surface area contributed by atoms with Crippen LogP contribution in [-0.4, -0.2) is 0 Å². The van der Waals surface area contributed by atoms with Gasteiger partial charge in [-0.15, -0.1) is 0 Å². The molecule has 48 heavy (non-hydrogen) atoms. The summed E-state index contributed by atoms with van der Waals surface area (Å²) >= 11 is 0. The minimum atomic E-state index is 0.890. The third-order valence-electron chi connectivity index (χ3n) is 10.0. The van der Waals surface area contributed by atoms with Gasteiger partial charge in [0, 0.05) is 21.5 Å². The van der Waals surface area contributed by atoms with Crippen molar-refractivity contribution >= 4 is 81.8 Å². The summed E-state index contributed by atoms with van der Waals surface area (Å²) in [6.45, 7) is 2.24. The third-order valence-corrected chi connectivity index (χ3v) is 10.0. The van der Waals surface area contributed by atoms with Gasteiger partial charge in [-0.05, 0) is 110 Å². The third kappa shape index (κ3) is 4.06. The van der Waals surface area contributed by atoms with E-state index >= 15 is 0 Å². The van der Waals surface area contributed by atoms with Gasteiger partial charge in [0.2, 0.25) is 0 Å². The Kier molecular flexibility index (Phi) is 5.89. The van der Waals surface area contributed by atoms with Crippen molar-refractivity contribution in [1.29, 1.82) is 0 Å². The van der Waals surface area contributed by atoms with Crippen molar-refractivity contribution in [3.8, 4) is 11.1 Å². The van der Waals surface area contributed by atoms with Gasteiger partial charge in [0.05, 0.1) is 0 Å². The van der Waals surface area contributed by atoms with Crippen molar-refractivity contribution in [2.24, 2.45) is 0 Å². The Bertz CT molecular complexity index is 2860. The van der Waals surface area contributed by atoms with Crippen LogP contribution in [0.5, 0.6) is 0 Å². The quantitative estimate of drug-likeness (QED) is 0.185. The lowest BCUT2D eigenvalue weighted by molar-refractivity contribution is 0.668. The number of furan rings is 2. The highest BCUT2D eigenvalue weighted by Crippen LogP contribution is 2.44. The molecule has 9 aromatic rings. The van der Waals surface area contributed by atoms with Gasteiger partial charge in [0.25, 0.3) is 0 Å². The van der Waals surface area contributed by atoms with Gasteiger partial charge in [-0.25, -0.2) is 0 Å². The lowest BCUT2D eigenvalue weighted by atomic mass is 9.85. The second kappa shape index (κ2) is 10.4. The van der Waals surface area contributed by atoms with Crippen LogP contribution in [0.2, 0.25) is 0 Å². The van der Waals surface area contributed by atoms with Gasteiger partial charge < -0.3 is 8.83 Å². The molecular weight excluding hydrogens is 585 g/mol. The SMILES string of the molecule is C/C(=C\C=C1\C=CC=CC1)c1c2ccccc2c(-c2ccc3oc4cc5ccc6oc7ccccc7c6c5cc4c3c2)c2ccccc12. The minimum absolute atomic E-state index is 0.890. The summed E-state index contributed by atoms with van der Waals surface area (Å²) in [7, 11) is 0. The molecule has 0 aliphatic heterocycles. The monoisotopic (exact) mass is 614 g/mol. The summed E-state index contributed by atoms with van der Waals surface area (Å²) in [6.07, 6.45) is 14.1. The lowest BCUT2D eigenvalue weighted by Crippen LogP contribution is -1.92. The van der Waals surface area contributed by atoms with E-state index in [0.717, 1.165) is 55.7 Å². The number of benzene rings is 7. The highest BCUT2D eigenvalue weighted by Gasteiger charge is 2.19. The minimum Gasteiger partial charge on any atom is -0.456 e. The maximum Gasteiger partial charge on any atom is 0.136 e. The number of para-hydroxylation sites is 1. The van der Waals surface area contributed by atoms with Crippen LogP contribution in [0.4, 0.5) is 0 Å². The number of fused-ring (bicyclic) bond motifs is 10. The Hall–Kier alpha value is -6.12. The summed E-state index contributed by atoms with van der Waals surface area (Å²) < 4.78 is 12.7. The van der Waals surface area contributed by atoms with E-state index < -0.39 is 0 Å². The molecule has 0 amide bonds. The molecule has 0 unspecified atom stereocenters. The topological polar surface area (TPSA) is 26.3 Å². The van der Waals surface area contributed by atoms with Crippen LogP contribution < -0.4 is 0 Å². The molecule has 2 heterocycles. The van der Waals surface area contributed by atoms with Crippen LogP contribution in [0, 0.1) is 0 Å². The zero-order chi connectivity index (χ0) is 31.8. The first kappa shape index (κ1) is 27.0. The second-order valence-corrected chi connectivity index (χ2v) is 12.8. The Balaban J connectivity index is 1.22. The normalized spacial score (nSPS) is 14.7. The van der Waals surface area contributed by atoms with E-state index in [1.54, 1.807) is 0 Å². The lowest BCUT2D eigenvalue weighted by Gasteiger charge is -2.18. The first-order chi connectivity index (χ1) is 23.7. The Morgan fingerprint density at radius 3 is 2.00 bits per heavy atom. The van der Waals surface area contributed by atoms with E-state index in [1.165, 1.54) is 54.8 Å². The van der Waals surface area contributed by atoms with Crippen LogP contribution in [0.1, 0.15) is 18.9 Å². The highest BCUT2D eigenvalue weighted by molar-refractivity contribution is 6.23. The predicted molar refractivity (Wildman–Crippen MR) is 204 cm³/mol. The summed E-state index contributed by atoms with van der Waals surface area (Å²) in [5, 5.41) is 11.8. The fourth-order valence-corrected chi connectivity index (χ4v) is 7.81. The van der Waals surface area contributed by atoms with Gasteiger partial charge in [0.15, 0.2) is 0 Å². The maximum absolute atomic E-state index is 6.49. The number of hydrogen-bond donors (Lipinski definition) is 0. The van der Waals surface area contributed by atoms with Crippen molar-refractivity contribution in [1.82, 2.24) is 0 Å². The zero-order valence-electron chi connectivity index (χ0n) is 26.5. The molecule has 2 aromatic heterocycles. The van der Waals surface area contributed by atoms with Crippen molar-refractivity contribution < 1.29 is 8.83 Å². The van der Waals surface area contributed by atoms with Crippen molar-refractivity contribution in [3.05, 3.63) is 163 Å². The molecule has 0 bridgehead atoms. The molecule has 0 saturated heterocycles. The van der Waals surface area contributed by atoms with E-state index in [0.29, 0.717) is 0 Å². The van der Waals surface area contributed by atoms with E-state index in [2.05, 4.69) is 147 Å². The molecule has 0 fully saturated rings. The maximum atomic E-state index is 6.49. The van der Waals surface area contributed by atoms with Gasteiger partial charge >= 0.3 is 0 Å². The first-order valence-electron chi connectivity index (χ1n) is 16.6. The molecule has 1 aliphatic rings.